The largest absolute Gasteiger partial charge is 0.316 e. The van der Waals surface area contributed by atoms with Crippen molar-refractivity contribution in [2.75, 3.05) is 0 Å². The average Bonchev–Trinajstić information content (AvgIpc) is 3.32. The molecule has 0 unspecified atom stereocenters. The van der Waals surface area contributed by atoms with Crippen LogP contribution in [0.1, 0.15) is 26.0 Å². The van der Waals surface area contributed by atoms with Crippen LogP contribution in [-0.2, 0) is 13.6 Å². The number of nitro benzene ring substituents is 1. The van der Waals surface area contributed by atoms with Crippen molar-refractivity contribution >= 4 is 22.7 Å². The van der Waals surface area contributed by atoms with E-state index in [1.165, 1.54) is 17.4 Å². The van der Waals surface area contributed by atoms with Gasteiger partial charge in [-0.1, -0.05) is 44.2 Å². The van der Waals surface area contributed by atoms with E-state index in [2.05, 4.69) is 18.4 Å². The zero-order valence-electron chi connectivity index (χ0n) is 19.6. The van der Waals surface area contributed by atoms with Crippen LogP contribution in [0.15, 0.2) is 69.8 Å². The molecule has 2 aromatic carbocycles. The Bertz CT molecular complexity index is 1460. The molecule has 0 atom stereocenters. The highest BCUT2D eigenvalue weighted by Crippen LogP contribution is 2.26. The average molecular weight is 478 g/mol. The lowest BCUT2D eigenvalue weighted by molar-refractivity contribution is -0.384. The van der Waals surface area contributed by atoms with Crippen molar-refractivity contribution in [1.82, 2.24) is 13.9 Å². The first kappa shape index (κ1) is 23.4. The molecule has 34 heavy (non-hydrogen) atoms. The van der Waals surface area contributed by atoms with Gasteiger partial charge in [-0.2, -0.15) is 0 Å². The van der Waals surface area contributed by atoms with Crippen LogP contribution >= 0.6 is 11.3 Å². The molecule has 0 saturated heterocycles. The monoisotopic (exact) mass is 477 g/mol. The van der Waals surface area contributed by atoms with E-state index in [9.17, 15) is 14.9 Å². The maximum atomic E-state index is 13.4. The van der Waals surface area contributed by atoms with Gasteiger partial charge >= 0.3 is 0 Å². The van der Waals surface area contributed by atoms with Gasteiger partial charge < -0.3 is 4.57 Å². The first-order valence-electron chi connectivity index (χ1n) is 11.1. The molecule has 0 N–H and O–H groups in total. The first-order chi connectivity index (χ1) is 16.3. The van der Waals surface area contributed by atoms with Crippen LogP contribution < -0.4 is 10.4 Å². The Kier molecular flexibility index (Phi) is 6.65. The molecular formula is C25H27N5O3S. The molecule has 2 heterocycles. The third kappa shape index (κ3) is 4.51. The van der Waals surface area contributed by atoms with E-state index < -0.39 is 0 Å². The van der Waals surface area contributed by atoms with Crippen LogP contribution in [-0.4, -0.2) is 18.9 Å². The number of para-hydroxylation sites is 1. The summed E-state index contributed by atoms with van der Waals surface area (Å²) >= 11 is 1.43. The second kappa shape index (κ2) is 9.64. The number of hydrogen-bond donors (Lipinski definition) is 0. The highest BCUT2D eigenvalue weighted by atomic mass is 32.1. The second-order valence-electron chi connectivity index (χ2n) is 8.57. The maximum Gasteiger partial charge on any atom is 0.297 e. The van der Waals surface area contributed by atoms with Crippen LogP contribution in [0.2, 0.25) is 0 Å². The zero-order valence-corrected chi connectivity index (χ0v) is 20.5. The number of rotatable bonds is 7. The number of non-ortho nitro benzene ring substituents is 1. The van der Waals surface area contributed by atoms with E-state index in [-0.39, 0.29) is 16.2 Å². The molecule has 4 rings (SSSR count). The minimum atomic E-state index is -0.390. The Morgan fingerprint density at radius 1 is 1.12 bits per heavy atom. The lowest BCUT2D eigenvalue weighted by Crippen LogP contribution is -2.20. The molecule has 0 aliphatic heterocycles. The summed E-state index contributed by atoms with van der Waals surface area (Å²) in [5.41, 5.74) is 3.38. The number of nitro groups is 1. The van der Waals surface area contributed by atoms with Gasteiger partial charge in [-0.15, -0.1) is 11.3 Å². The zero-order chi connectivity index (χ0) is 24.4. The highest BCUT2D eigenvalue weighted by Gasteiger charge is 2.17. The van der Waals surface area contributed by atoms with E-state index in [0.717, 1.165) is 29.1 Å². The van der Waals surface area contributed by atoms with Crippen molar-refractivity contribution in [1.29, 1.82) is 0 Å². The van der Waals surface area contributed by atoms with Crippen molar-refractivity contribution < 1.29 is 4.92 Å². The SMILES string of the molecule is Cc1c(N=c2scc(-c3cccc([N+](=O)[O-])c3)n2CCC(C)C)c(=O)n(-c2ccccc2)n1C. The third-order valence-corrected chi connectivity index (χ3v) is 6.68. The maximum absolute atomic E-state index is 13.4. The standard InChI is InChI=1S/C25H27N5O3S/c1-17(2)13-14-28-22(19-9-8-12-21(15-19)30(32)33)16-34-25(28)26-23-18(3)27(4)29(24(23)31)20-10-6-5-7-11-20/h5-12,15-17H,13-14H2,1-4H3. The Hall–Kier alpha value is -3.72. The molecule has 0 saturated carbocycles. The normalized spacial score (nSPS) is 12.0. The Labute approximate surface area is 201 Å². The quantitative estimate of drug-likeness (QED) is 0.271. The Morgan fingerprint density at radius 2 is 1.85 bits per heavy atom. The minimum absolute atomic E-state index is 0.0437. The Balaban J connectivity index is 1.89. The van der Waals surface area contributed by atoms with Crippen molar-refractivity contribution in [3.05, 3.63) is 90.9 Å². The van der Waals surface area contributed by atoms with Crippen molar-refractivity contribution in [2.24, 2.45) is 18.0 Å². The van der Waals surface area contributed by atoms with Gasteiger partial charge in [0.1, 0.15) is 0 Å². The molecule has 0 spiro atoms. The molecule has 0 bridgehead atoms. The summed E-state index contributed by atoms with van der Waals surface area (Å²) in [4.78, 5) is 29.8. The summed E-state index contributed by atoms with van der Waals surface area (Å²) in [6.07, 6.45) is 0.911. The van der Waals surface area contributed by atoms with Gasteiger partial charge in [0.25, 0.3) is 11.2 Å². The van der Waals surface area contributed by atoms with Crippen LogP contribution in [0.3, 0.4) is 0 Å². The first-order valence-corrected chi connectivity index (χ1v) is 12.0. The van der Waals surface area contributed by atoms with Crippen molar-refractivity contribution in [2.45, 2.75) is 33.7 Å². The summed E-state index contributed by atoms with van der Waals surface area (Å²) in [7, 11) is 1.85. The fraction of sp³-hybridized carbons (Fsp3) is 0.280. The van der Waals surface area contributed by atoms with Gasteiger partial charge in [-0.3, -0.25) is 19.6 Å². The molecule has 176 valence electrons. The number of thiazole rings is 1. The van der Waals surface area contributed by atoms with Gasteiger partial charge in [0, 0.05) is 36.7 Å². The molecule has 8 nitrogen and oxygen atoms in total. The molecule has 4 aromatic rings. The Morgan fingerprint density at radius 3 is 2.53 bits per heavy atom. The molecule has 0 amide bonds. The summed E-state index contributed by atoms with van der Waals surface area (Å²) in [6.45, 7) is 6.87. The van der Waals surface area contributed by atoms with Crippen LogP contribution in [0.5, 0.6) is 0 Å². The minimum Gasteiger partial charge on any atom is -0.316 e. The third-order valence-electron chi connectivity index (χ3n) is 5.81. The van der Waals surface area contributed by atoms with E-state index >= 15 is 0 Å². The number of aromatic nitrogens is 3. The van der Waals surface area contributed by atoms with Gasteiger partial charge in [-0.05, 0) is 31.4 Å². The predicted molar refractivity (Wildman–Crippen MR) is 135 cm³/mol. The molecular weight excluding hydrogens is 450 g/mol. The number of benzene rings is 2. The fourth-order valence-corrected chi connectivity index (χ4v) is 4.75. The smallest absolute Gasteiger partial charge is 0.297 e. The molecule has 0 fully saturated rings. The van der Waals surface area contributed by atoms with Crippen LogP contribution in [0.25, 0.3) is 16.9 Å². The van der Waals surface area contributed by atoms with Gasteiger partial charge in [0.2, 0.25) is 0 Å². The van der Waals surface area contributed by atoms with Gasteiger partial charge in [0.15, 0.2) is 10.5 Å². The molecule has 9 heteroatoms. The van der Waals surface area contributed by atoms with Crippen LogP contribution in [0, 0.1) is 23.0 Å². The molecule has 2 aromatic heterocycles. The summed E-state index contributed by atoms with van der Waals surface area (Å²) in [6, 6.07) is 16.1. The molecule has 0 aliphatic rings. The highest BCUT2D eigenvalue weighted by molar-refractivity contribution is 7.07. The van der Waals surface area contributed by atoms with E-state index in [4.69, 9.17) is 4.99 Å². The summed E-state index contributed by atoms with van der Waals surface area (Å²) in [5.74, 6) is 0.465. The van der Waals surface area contributed by atoms with Crippen molar-refractivity contribution in [3.8, 4) is 16.9 Å². The van der Waals surface area contributed by atoms with E-state index in [0.29, 0.717) is 23.0 Å². The fourth-order valence-electron chi connectivity index (χ4n) is 3.81. The summed E-state index contributed by atoms with van der Waals surface area (Å²) in [5, 5.41) is 13.3. The lowest BCUT2D eigenvalue weighted by atomic mass is 10.1. The van der Waals surface area contributed by atoms with E-state index in [1.54, 1.807) is 16.8 Å². The van der Waals surface area contributed by atoms with Gasteiger partial charge in [0.05, 0.1) is 22.0 Å². The van der Waals surface area contributed by atoms with Gasteiger partial charge in [-0.25, -0.2) is 9.67 Å². The topological polar surface area (TPSA) is 87.4 Å². The van der Waals surface area contributed by atoms with Crippen molar-refractivity contribution in [3.63, 3.8) is 0 Å². The molecule has 0 aliphatic carbocycles. The second-order valence-corrected chi connectivity index (χ2v) is 9.40. The number of hydrogen-bond acceptors (Lipinski definition) is 5. The molecule has 0 radical (unpaired) electrons. The number of nitrogens with zero attached hydrogens (tertiary/aromatic N) is 5. The lowest BCUT2D eigenvalue weighted by Gasteiger charge is -2.11. The van der Waals surface area contributed by atoms with E-state index in [1.807, 2.05) is 60.4 Å². The van der Waals surface area contributed by atoms with Crippen LogP contribution in [0.4, 0.5) is 11.4 Å². The predicted octanol–water partition coefficient (Wildman–Crippen LogP) is 5.20. The summed E-state index contributed by atoms with van der Waals surface area (Å²) < 4.78 is 5.48.